The summed E-state index contributed by atoms with van der Waals surface area (Å²) in [7, 11) is -3.05. The second kappa shape index (κ2) is 15.3. The van der Waals surface area contributed by atoms with Crippen LogP contribution in [-0.4, -0.2) is 97.9 Å². The topological polar surface area (TPSA) is 151 Å². The quantitative estimate of drug-likeness (QED) is 0.174. The van der Waals surface area contributed by atoms with Gasteiger partial charge in [-0.05, 0) is 154 Å². The molecule has 8 rings (SSSR count). The standard InChI is InChI=1S/C49H81N3O8S/c1-30(2)59-42(56)50-28-31(52-23-25-61(57,58)26-24-52)29-51-49-18-13-32(45(7)19-20-45)39(49)33-11-12-37-46(8)16-15-38(60-41(55)35-27-34(40(53)54)43(35,3)4)44(5,6)36(46)14-17-48(37,10)47(33,9)21-22-49/h30-39,51H,11-29H2,1-10H3,(H,50,56)(H,53,54)/t31?,32-,33-,34+,35-,36+,37-,38+,39-,46+,47-,48-,49+/m1/s1. The van der Waals surface area contributed by atoms with Crippen LogP contribution in [0.25, 0.3) is 0 Å². The Morgan fingerprint density at radius 2 is 1.43 bits per heavy atom. The molecule has 346 valence electrons. The number of carbonyl (C=O) groups is 3. The molecule has 1 aliphatic heterocycles. The minimum absolute atomic E-state index is 0.0205. The molecule has 1 heterocycles. The highest BCUT2D eigenvalue weighted by molar-refractivity contribution is 7.91. The lowest BCUT2D eigenvalue weighted by molar-refractivity contribution is -0.249. The molecule has 12 heteroatoms. The van der Waals surface area contributed by atoms with Crippen LogP contribution in [0.2, 0.25) is 0 Å². The normalized spacial score (nSPS) is 44.5. The number of carboxylic acid groups (broad SMARTS) is 1. The number of alkyl carbamates (subject to hydrolysis) is 1. The Bertz CT molecular complexity index is 1830. The van der Waals surface area contributed by atoms with Crippen molar-refractivity contribution in [2.45, 2.75) is 176 Å². The van der Waals surface area contributed by atoms with Crippen LogP contribution in [0.3, 0.4) is 0 Å². The molecule has 0 spiro atoms. The number of fused-ring (bicyclic) bond motifs is 7. The van der Waals surface area contributed by atoms with E-state index in [4.69, 9.17) is 9.47 Å². The molecular formula is C49H81N3O8S. The number of amides is 1. The number of esters is 1. The van der Waals surface area contributed by atoms with Crippen molar-refractivity contribution >= 4 is 27.9 Å². The third-order valence-corrected chi connectivity index (χ3v) is 22.4. The molecule has 8 fully saturated rings. The minimum Gasteiger partial charge on any atom is -0.481 e. The average Bonchev–Trinajstić information content (AvgIpc) is 3.78. The number of carbonyl (C=O) groups excluding carboxylic acids is 2. The van der Waals surface area contributed by atoms with Crippen LogP contribution in [0.1, 0.15) is 153 Å². The molecular weight excluding hydrogens is 791 g/mol. The van der Waals surface area contributed by atoms with Crippen molar-refractivity contribution in [2.75, 3.05) is 37.7 Å². The zero-order valence-corrected chi connectivity index (χ0v) is 40.2. The molecule has 61 heavy (non-hydrogen) atoms. The summed E-state index contributed by atoms with van der Waals surface area (Å²) in [5.41, 5.74) is 0.169. The lowest BCUT2D eigenvalue weighted by Gasteiger charge is -2.73. The number of aliphatic carboxylic acids is 1. The molecule has 1 unspecified atom stereocenters. The van der Waals surface area contributed by atoms with Gasteiger partial charge in [0.2, 0.25) is 0 Å². The van der Waals surface area contributed by atoms with Crippen molar-refractivity contribution in [1.29, 1.82) is 0 Å². The van der Waals surface area contributed by atoms with Crippen molar-refractivity contribution in [2.24, 2.45) is 73.9 Å². The van der Waals surface area contributed by atoms with Crippen LogP contribution in [-0.2, 0) is 28.9 Å². The Kier molecular flexibility index (Phi) is 11.5. The maximum atomic E-state index is 13.7. The summed E-state index contributed by atoms with van der Waals surface area (Å²) in [5.74, 6) is 1.32. The van der Waals surface area contributed by atoms with E-state index < -0.39 is 33.2 Å². The van der Waals surface area contributed by atoms with Crippen molar-refractivity contribution in [3.05, 3.63) is 0 Å². The fourth-order valence-corrected chi connectivity index (χ4v) is 17.8. The van der Waals surface area contributed by atoms with E-state index in [-0.39, 0.29) is 68.8 Å². The summed E-state index contributed by atoms with van der Waals surface area (Å²) in [6, 6.07) is -0.0304. The van der Waals surface area contributed by atoms with E-state index >= 15 is 0 Å². The van der Waals surface area contributed by atoms with Gasteiger partial charge < -0.3 is 25.2 Å². The summed E-state index contributed by atoms with van der Waals surface area (Å²) in [6.45, 7) is 24.9. The van der Waals surface area contributed by atoms with Gasteiger partial charge in [0, 0.05) is 43.2 Å². The first-order valence-corrected chi connectivity index (χ1v) is 26.2. The fraction of sp³-hybridized carbons (Fsp3) is 0.939. The van der Waals surface area contributed by atoms with Gasteiger partial charge in [-0.3, -0.25) is 14.5 Å². The average molecular weight is 872 g/mol. The van der Waals surface area contributed by atoms with E-state index in [9.17, 15) is 27.9 Å². The first kappa shape index (κ1) is 45.6. The first-order chi connectivity index (χ1) is 28.3. The van der Waals surface area contributed by atoms with Crippen molar-refractivity contribution < 1.29 is 37.4 Å². The molecule has 1 saturated heterocycles. The van der Waals surface area contributed by atoms with Gasteiger partial charge in [0.25, 0.3) is 0 Å². The van der Waals surface area contributed by atoms with Crippen molar-refractivity contribution in [3.8, 4) is 0 Å². The van der Waals surface area contributed by atoms with Gasteiger partial charge in [-0.15, -0.1) is 0 Å². The molecule has 0 radical (unpaired) electrons. The van der Waals surface area contributed by atoms with Crippen molar-refractivity contribution in [1.82, 2.24) is 15.5 Å². The molecule has 8 aliphatic rings. The van der Waals surface area contributed by atoms with Gasteiger partial charge in [0.15, 0.2) is 9.84 Å². The number of hydrogen-bond acceptors (Lipinski definition) is 9. The molecule has 13 atom stereocenters. The molecule has 0 aromatic carbocycles. The third kappa shape index (κ3) is 7.40. The number of nitrogens with zero attached hydrogens (tertiary/aromatic N) is 1. The molecule has 0 aromatic rings. The number of ether oxygens (including phenoxy) is 2. The molecule has 0 bridgehead atoms. The monoisotopic (exact) mass is 872 g/mol. The minimum atomic E-state index is -3.05. The summed E-state index contributed by atoms with van der Waals surface area (Å²) in [4.78, 5) is 40.6. The second-order valence-electron chi connectivity index (χ2n) is 24.5. The largest absolute Gasteiger partial charge is 0.481 e. The summed E-state index contributed by atoms with van der Waals surface area (Å²) >= 11 is 0. The summed E-state index contributed by atoms with van der Waals surface area (Å²) in [6.07, 6.45) is 13.7. The number of nitrogens with one attached hydrogen (secondary N) is 2. The van der Waals surface area contributed by atoms with Crippen LogP contribution in [0.4, 0.5) is 4.79 Å². The van der Waals surface area contributed by atoms with Gasteiger partial charge >= 0.3 is 18.0 Å². The fourth-order valence-electron chi connectivity index (χ4n) is 16.6. The van der Waals surface area contributed by atoms with Gasteiger partial charge in [0.1, 0.15) is 6.10 Å². The predicted octanol–water partition coefficient (Wildman–Crippen LogP) is 8.10. The SMILES string of the molecule is CC(C)OC(=O)NCC(CN[C@]12CC[C@@H](C3(C)CC3)[C@@H]1[C@H]1CC[C@@H]3[C@@]4(C)CC[C@H](OC(=O)[C@H]5C[C@@H](C(=O)O)C5(C)C)C(C)(C)[C@@H]4CC[C@@]3(C)[C@]1(C)CC2)N1CCS(=O)(=O)CC1. The van der Waals surface area contributed by atoms with E-state index in [1.807, 2.05) is 27.7 Å². The van der Waals surface area contributed by atoms with Gasteiger partial charge in [-0.1, -0.05) is 55.4 Å². The maximum Gasteiger partial charge on any atom is 0.407 e. The Labute approximate surface area is 367 Å². The first-order valence-electron chi connectivity index (χ1n) is 24.4. The van der Waals surface area contributed by atoms with Crippen LogP contribution in [0.5, 0.6) is 0 Å². The number of hydrogen-bond donors (Lipinski definition) is 3. The highest BCUT2D eigenvalue weighted by Crippen LogP contribution is 2.78. The summed E-state index contributed by atoms with van der Waals surface area (Å²) < 4.78 is 36.9. The van der Waals surface area contributed by atoms with Gasteiger partial charge in [-0.2, -0.15) is 0 Å². The Balaban J connectivity index is 1.02. The van der Waals surface area contributed by atoms with Gasteiger partial charge in [-0.25, -0.2) is 13.2 Å². The van der Waals surface area contributed by atoms with Gasteiger partial charge in [0.05, 0.1) is 29.4 Å². The zero-order valence-electron chi connectivity index (χ0n) is 39.4. The highest BCUT2D eigenvalue weighted by atomic mass is 32.2. The van der Waals surface area contributed by atoms with E-state index in [1.54, 1.807) is 0 Å². The van der Waals surface area contributed by atoms with E-state index in [1.165, 1.54) is 51.4 Å². The smallest absolute Gasteiger partial charge is 0.407 e. The molecule has 7 aliphatic carbocycles. The number of rotatable bonds is 11. The zero-order chi connectivity index (χ0) is 44.3. The number of sulfone groups is 1. The predicted molar refractivity (Wildman–Crippen MR) is 236 cm³/mol. The second-order valence-corrected chi connectivity index (χ2v) is 26.8. The lowest BCUT2D eigenvalue weighted by atomic mass is 9.32. The lowest BCUT2D eigenvalue weighted by Crippen LogP contribution is -2.69. The van der Waals surface area contributed by atoms with E-state index in [2.05, 4.69) is 57.1 Å². The van der Waals surface area contributed by atoms with Crippen LogP contribution >= 0.6 is 0 Å². The maximum absolute atomic E-state index is 13.7. The molecule has 3 N–H and O–H groups in total. The Hall–Kier alpha value is -1.92. The van der Waals surface area contributed by atoms with E-state index in [0.717, 1.165) is 25.7 Å². The third-order valence-electron chi connectivity index (χ3n) is 20.8. The molecule has 11 nitrogen and oxygen atoms in total. The molecule has 0 aromatic heterocycles. The molecule has 7 saturated carbocycles. The number of carboxylic acids is 1. The Morgan fingerprint density at radius 1 is 0.738 bits per heavy atom. The van der Waals surface area contributed by atoms with Crippen LogP contribution in [0, 0.1) is 73.9 Å². The highest BCUT2D eigenvalue weighted by Gasteiger charge is 2.72. The van der Waals surface area contributed by atoms with Crippen LogP contribution < -0.4 is 10.6 Å². The molecule has 1 amide bonds. The summed E-state index contributed by atoms with van der Waals surface area (Å²) in [5, 5.41) is 17.1. The Morgan fingerprint density at radius 3 is 2.05 bits per heavy atom. The van der Waals surface area contributed by atoms with E-state index in [0.29, 0.717) is 67.6 Å². The van der Waals surface area contributed by atoms with Crippen molar-refractivity contribution in [3.63, 3.8) is 0 Å². The van der Waals surface area contributed by atoms with Crippen LogP contribution in [0.15, 0.2) is 0 Å².